The van der Waals surface area contributed by atoms with Crippen LogP contribution in [0, 0.1) is 11.6 Å². The average molecular weight is 340 g/mol. The molecule has 20 heavy (non-hydrogen) atoms. The molecular formula is C16H16BrF2N. The Bertz CT molecular complexity index is 586. The van der Waals surface area contributed by atoms with E-state index in [1.807, 2.05) is 6.07 Å². The van der Waals surface area contributed by atoms with Crippen LogP contribution in [0.25, 0.3) is 0 Å². The third-order valence-electron chi connectivity index (χ3n) is 3.31. The van der Waals surface area contributed by atoms with Crippen LogP contribution in [0.3, 0.4) is 0 Å². The summed E-state index contributed by atoms with van der Waals surface area (Å²) in [5, 5.41) is 3.12. The maximum atomic E-state index is 13.8. The molecule has 0 spiro atoms. The number of likely N-dealkylation sites (N-methyl/N-ethyl adjacent to an activating group) is 1. The van der Waals surface area contributed by atoms with Crippen molar-refractivity contribution in [3.63, 3.8) is 0 Å². The largest absolute Gasteiger partial charge is 0.316 e. The van der Waals surface area contributed by atoms with Crippen molar-refractivity contribution in [2.24, 2.45) is 0 Å². The normalized spacial score (nSPS) is 12.4. The molecule has 106 valence electrons. The second-order valence-electron chi connectivity index (χ2n) is 4.72. The van der Waals surface area contributed by atoms with E-state index >= 15 is 0 Å². The van der Waals surface area contributed by atoms with Crippen molar-refractivity contribution < 1.29 is 8.78 Å². The van der Waals surface area contributed by atoms with Crippen molar-refractivity contribution >= 4 is 15.9 Å². The monoisotopic (exact) mass is 339 g/mol. The summed E-state index contributed by atoms with van der Waals surface area (Å²) in [7, 11) is 1.81. The van der Waals surface area contributed by atoms with Crippen LogP contribution in [0.4, 0.5) is 8.78 Å². The molecule has 1 nitrogen and oxygen atoms in total. The highest BCUT2D eigenvalue weighted by Gasteiger charge is 2.13. The molecule has 0 radical (unpaired) electrons. The van der Waals surface area contributed by atoms with E-state index in [4.69, 9.17) is 0 Å². The van der Waals surface area contributed by atoms with E-state index in [1.165, 1.54) is 12.1 Å². The molecule has 0 saturated heterocycles. The smallest absolute Gasteiger partial charge is 0.126 e. The van der Waals surface area contributed by atoms with Crippen molar-refractivity contribution in [1.82, 2.24) is 5.32 Å². The van der Waals surface area contributed by atoms with Gasteiger partial charge in [0.25, 0.3) is 0 Å². The van der Waals surface area contributed by atoms with Crippen molar-refractivity contribution in [2.75, 3.05) is 7.05 Å². The molecule has 0 aliphatic rings. The number of hydrogen-bond acceptors (Lipinski definition) is 1. The van der Waals surface area contributed by atoms with E-state index in [-0.39, 0.29) is 17.7 Å². The SMILES string of the molecule is CNC(Cc1ccccc1F)Cc1cc(Br)ccc1F. The molecular weight excluding hydrogens is 324 g/mol. The number of halogens is 3. The molecule has 0 bridgehead atoms. The molecule has 0 aliphatic heterocycles. The molecule has 4 heteroatoms. The van der Waals surface area contributed by atoms with Gasteiger partial charge in [-0.3, -0.25) is 0 Å². The minimum absolute atomic E-state index is 0.0179. The van der Waals surface area contributed by atoms with E-state index in [1.54, 1.807) is 31.3 Å². The molecule has 1 N–H and O–H groups in total. The summed E-state index contributed by atoms with van der Waals surface area (Å²) in [4.78, 5) is 0. The first kappa shape index (κ1) is 15.1. The van der Waals surface area contributed by atoms with Gasteiger partial charge < -0.3 is 5.32 Å². The van der Waals surface area contributed by atoms with Crippen molar-refractivity contribution in [3.05, 3.63) is 69.7 Å². The van der Waals surface area contributed by atoms with Crippen LogP contribution in [-0.2, 0) is 12.8 Å². The highest BCUT2D eigenvalue weighted by molar-refractivity contribution is 9.10. The van der Waals surface area contributed by atoms with Crippen LogP contribution in [0.15, 0.2) is 46.9 Å². The average Bonchev–Trinajstić information content (AvgIpc) is 2.44. The molecule has 1 atom stereocenters. The van der Waals surface area contributed by atoms with Crippen LogP contribution in [0.5, 0.6) is 0 Å². The zero-order valence-corrected chi connectivity index (χ0v) is 12.8. The van der Waals surface area contributed by atoms with Crippen molar-refractivity contribution in [1.29, 1.82) is 0 Å². The summed E-state index contributed by atoms with van der Waals surface area (Å²) >= 11 is 3.34. The Balaban J connectivity index is 2.13. The van der Waals surface area contributed by atoms with Gasteiger partial charge in [-0.25, -0.2) is 8.78 Å². The Morgan fingerprint density at radius 3 is 2.35 bits per heavy atom. The van der Waals surface area contributed by atoms with Gasteiger partial charge in [-0.1, -0.05) is 34.1 Å². The maximum Gasteiger partial charge on any atom is 0.126 e. The minimum Gasteiger partial charge on any atom is -0.316 e. The molecule has 0 heterocycles. The van der Waals surface area contributed by atoms with E-state index in [9.17, 15) is 8.78 Å². The third-order valence-corrected chi connectivity index (χ3v) is 3.80. The topological polar surface area (TPSA) is 12.0 Å². The maximum absolute atomic E-state index is 13.8. The Morgan fingerprint density at radius 2 is 1.65 bits per heavy atom. The number of benzene rings is 2. The van der Waals surface area contributed by atoms with E-state index in [0.29, 0.717) is 24.0 Å². The van der Waals surface area contributed by atoms with Gasteiger partial charge in [0.2, 0.25) is 0 Å². The molecule has 2 aromatic rings. The molecule has 1 unspecified atom stereocenters. The van der Waals surface area contributed by atoms with Crippen LogP contribution in [0.2, 0.25) is 0 Å². The molecule has 0 aromatic heterocycles. The fourth-order valence-corrected chi connectivity index (χ4v) is 2.58. The lowest BCUT2D eigenvalue weighted by Crippen LogP contribution is -2.30. The summed E-state index contributed by atoms with van der Waals surface area (Å²) in [6, 6.07) is 11.5. The van der Waals surface area contributed by atoms with Gasteiger partial charge in [-0.15, -0.1) is 0 Å². The van der Waals surface area contributed by atoms with E-state index in [2.05, 4.69) is 21.2 Å². The number of hydrogen-bond donors (Lipinski definition) is 1. The zero-order chi connectivity index (χ0) is 14.5. The predicted molar refractivity (Wildman–Crippen MR) is 80.8 cm³/mol. The predicted octanol–water partition coefficient (Wildman–Crippen LogP) is 4.10. The fraction of sp³-hybridized carbons (Fsp3) is 0.250. The summed E-state index contributed by atoms with van der Waals surface area (Å²) < 4.78 is 28.3. The van der Waals surface area contributed by atoms with Gasteiger partial charge in [0.1, 0.15) is 11.6 Å². The Hall–Kier alpha value is -1.26. The molecule has 0 fully saturated rings. The highest BCUT2D eigenvalue weighted by atomic mass is 79.9. The number of rotatable bonds is 5. The molecule has 0 saturated carbocycles. The van der Waals surface area contributed by atoms with Crippen LogP contribution in [-0.4, -0.2) is 13.1 Å². The zero-order valence-electron chi connectivity index (χ0n) is 11.2. The fourth-order valence-electron chi connectivity index (χ4n) is 2.17. The molecule has 2 rings (SSSR count). The van der Waals surface area contributed by atoms with E-state index < -0.39 is 0 Å². The molecule has 0 amide bonds. The van der Waals surface area contributed by atoms with Gasteiger partial charge in [-0.2, -0.15) is 0 Å². The Morgan fingerprint density at radius 1 is 1.00 bits per heavy atom. The Labute approximate surface area is 126 Å². The van der Waals surface area contributed by atoms with Gasteiger partial charge in [0.05, 0.1) is 0 Å². The lowest BCUT2D eigenvalue weighted by atomic mass is 9.98. The van der Waals surface area contributed by atoms with Gasteiger partial charge in [0, 0.05) is 10.5 Å². The quantitative estimate of drug-likeness (QED) is 0.864. The standard InChI is InChI=1S/C16H16BrF2N/c1-20-14(9-11-4-2-3-5-15(11)18)10-12-8-13(17)6-7-16(12)19/h2-8,14,20H,9-10H2,1H3. The minimum atomic E-state index is -0.234. The first-order valence-corrected chi connectivity index (χ1v) is 7.24. The van der Waals surface area contributed by atoms with Crippen LogP contribution >= 0.6 is 15.9 Å². The second kappa shape index (κ2) is 6.95. The third kappa shape index (κ3) is 3.87. The van der Waals surface area contributed by atoms with Crippen molar-refractivity contribution in [3.8, 4) is 0 Å². The summed E-state index contributed by atoms with van der Waals surface area (Å²) in [6.07, 6.45) is 1.03. The molecule has 0 aliphatic carbocycles. The number of nitrogens with one attached hydrogen (secondary N) is 1. The summed E-state index contributed by atoms with van der Waals surface area (Å²) in [5.74, 6) is -0.454. The Kier molecular flexibility index (Phi) is 5.26. The van der Waals surface area contributed by atoms with E-state index in [0.717, 1.165) is 4.47 Å². The van der Waals surface area contributed by atoms with Crippen LogP contribution < -0.4 is 5.32 Å². The summed E-state index contributed by atoms with van der Waals surface area (Å²) in [5.41, 5.74) is 1.26. The highest BCUT2D eigenvalue weighted by Crippen LogP contribution is 2.18. The van der Waals surface area contributed by atoms with Crippen molar-refractivity contribution in [2.45, 2.75) is 18.9 Å². The first-order valence-electron chi connectivity index (χ1n) is 6.44. The van der Waals surface area contributed by atoms with Gasteiger partial charge in [0.15, 0.2) is 0 Å². The lowest BCUT2D eigenvalue weighted by Gasteiger charge is -2.17. The lowest BCUT2D eigenvalue weighted by molar-refractivity contribution is 0.517. The molecule has 2 aromatic carbocycles. The first-order chi connectivity index (χ1) is 9.60. The van der Waals surface area contributed by atoms with Crippen LogP contribution in [0.1, 0.15) is 11.1 Å². The second-order valence-corrected chi connectivity index (χ2v) is 5.64. The summed E-state index contributed by atoms with van der Waals surface area (Å²) in [6.45, 7) is 0. The van der Waals surface area contributed by atoms with Gasteiger partial charge in [-0.05, 0) is 55.3 Å². The van der Waals surface area contributed by atoms with Gasteiger partial charge >= 0.3 is 0 Å².